The van der Waals surface area contributed by atoms with Gasteiger partial charge in [0.25, 0.3) is 0 Å². The Bertz CT molecular complexity index is 203. The maximum Gasteiger partial charge on any atom is 0.409 e. The minimum Gasteiger partial charge on any atom is -0.453 e. The van der Waals surface area contributed by atoms with Gasteiger partial charge in [0.05, 0.1) is 13.2 Å². The van der Waals surface area contributed by atoms with Gasteiger partial charge in [-0.2, -0.15) is 0 Å². The van der Waals surface area contributed by atoms with E-state index < -0.39 is 12.1 Å². The molecule has 1 unspecified atom stereocenters. The number of nitrogens with zero attached hydrogens (tertiary/aromatic N) is 2. The third-order valence-electron chi connectivity index (χ3n) is 1.61. The van der Waals surface area contributed by atoms with Crippen LogP contribution in [0.25, 0.3) is 0 Å². The van der Waals surface area contributed by atoms with Crippen LogP contribution in [-0.2, 0) is 4.74 Å². The molecule has 0 saturated heterocycles. The zero-order chi connectivity index (χ0) is 9.72. The fourth-order valence-corrected chi connectivity index (χ4v) is 0.618. The lowest BCUT2D eigenvalue weighted by Crippen LogP contribution is -2.39. The molecule has 0 rings (SSSR count). The van der Waals surface area contributed by atoms with Gasteiger partial charge in [0, 0.05) is 7.05 Å². The first kappa shape index (κ1) is 10.6. The number of carbonyl (C=O) groups is 1. The van der Waals surface area contributed by atoms with Crippen molar-refractivity contribution in [1.29, 1.82) is 5.41 Å². The smallest absolute Gasteiger partial charge is 0.409 e. The van der Waals surface area contributed by atoms with Crippen molar-refractivity contribution in [3.63, 3.8) is 0 Å². The molecule has 0 radical (unpaired) electrons. The fourth-order valence-electron chi connectivity index (χ4n) is 0.618. The SMILES string of the molecule is C=NC(=N)C(C)N(C)C(=O)OC. The van der Waals surface area contributed by atoms with Crippen LogP contribution >= 0.6 is 0 Å². The van der Waals surface area contributed by atoms with Crippen LogP contribution in [0.15, 0.2) is 4.99 Å². The molecule has 0 bridgehead atoms. The van der Waals surface area contributed by atoms with Crippen LogP contribution < -0.4 is 0 Å². The number of nitrogens with one attached hydrogen (secondary N) is 1. The average Bonchev–Trinajstić information content (AvgIpc) is 2.12. The van der Waals surface area contributed by atoms with Gasteiger partial charge in [-0.05, 0) is 13.6 Å². The summed E-state index contributed by atoms with van der Waals surface area (Å²) in [5.74, 6) is 0.0444. The van der Waals surface area contributed by atoms with Crippen LogP contribution in [0.2, 0.25) is 0 Å². The maximum atomic E-state index is 10.9. The number of rotatable bonds is 2. The van der Waals surface area contributed by atoms with Crippen LogP contribution in [0.1, 0.15) is 6.92 Å². The lowest BCUT2D eigenvalue weighted by atomic mass is 10.3. The summed E-state index contributed by atoms with van der Waals surface area (Å²) in [6, 6.07) is -0.407. The van der Waals surface area contributed by atoms with E-state index in [-0.39, 0.29) is 5.84 Å². The average molecular weight is 171 g/mol. The molecule has 0 aromatic carbocycles. The highest BCUT2D eigenvalue weighted by atomic mass is 16.5. The van der Waals surface area contributed by atoms with Crippen molar-refractivity contribution < 1.29 is 9.53 Å². The van der Waals surface area contributed by atoms with E-state index in [4.69, 9.17) is 5.41 Å². The minimum atomic E-state index is -0.490. The van der Waals surface area contributed by atoms with Crippen molar-refractivity contribution in [3.8, 4) is 0 Å². The molecule has 12 heavy (non-hydrogen) atoms. The zero-order valence-electron chi connectivity index (χ0n) is 7.50. The van der Waals surface area contributed by atoms with E-state index in [2.05, 4.69) is 16.4 Å². The number of amidine groups is 1. The van der Waals surface area contributed by atoms with Crippen molar-refractivity contribution in [3.05, 3.63) is 0 Å². The molecule has 0 aromatic heterocycles. The lowest BCUT2D eigenvalue weighted by molar-refractivity contribution is 0.129. The quantitative estimate of drug-likeness (QED) is 0.492. The topological polar surface area (TPSA) is 65.8 Å². The number of carbonyl (C=O) groups excluding carboxylic acids is 1. The van der Waals surface area contributed by atoms with Crippen molar-refractivity contribution >= 4 is 18.6 Å². The molecule has 0 aliphatic rings. The molecule has 5 nitrogen and oxygen atoms in total. The van der Waals surface area contributed by atoms with Crippen molar-refractivity contribution in [2.45, 2.75) is 13.0 Å². The van der Waals surface area contributed by atoms with Crippen molar-refractivity contribution in [2.75, 3.05) is 14.2 Å². The Morgan fingerprint density at radius 2 is 2.25 bits per heavy atom. The number of aliphatic imine (C=N–C) groups is 1. The highest BCUT2D eigenvalue weighted by Crippen LogP contribution is 1.99. The fraction of sp³-hybridized carbons (Fsp3) is 0.571. The molecule has 1 amide bonds. The summed E-state index contributed by atoms with van der Waals surface area (Å²) in [7, 11) is 2.83. The van der Waals surface area contributed by atoms with Gasteiger partial charge >= 0.3 is 6.09 Å². The summed E-state index contributed by atoms with van der Waals surface area (Å²) in [6.07, 6.45) is -0.490. The number of amides is 1. The van der Waals surface area contributed by atoms with E-state index in [9.17, 15) is 4.79 Å². The Morgan fingerprint density at radius 1 is 1.75 bits per heavy atom. The van der Waals surface area contributed by atoms with Gasteiger partial charge in [-0.25, -0.2) is 9.79 Å². The molecule has 5 heteroatoms. The molecular formula is C7H13N3O2. The molecule has 0 aliphatic carbocycles. The number of likely N-dealkylation sites (N-methyl/N-ethyl adjacent to an activating group) is 1. The summed E-state index contributed by atoms with van der Waals surface area (Å²) in [5, 5.41) is 7.26. The Morgan fingerprint density at radius 3 is 2.58 bits per heavy atom. The molecule has 1 N–H and O–H groups in total. The molecule has 68 valence electrons. The van der Waals surface area contributed by atoms with Crippen LogP contribution in [0, 0.1) is 5.41 Å². The highest BCUT2D eigenvalue weighted by molar-refractivity contribution is 5.90. The predicted molar refractivity (Wildman–Crippen MR) is 46.9 cm³/mol. The van der Waals surface area contributed by atoms with Gasteiger partial charge in [0.15, 0.2) is 0 Å². The number of ether oxygens (including phenoxy) is 1. The van der Waals surface area contributed by atoms with Crippen molar-refractivity contribution in [1.82, 2.24) is 4.90 Å². The van der Waals surface area contributed by atoms with Gasteiger partial charge in [-0.3, -0.25) is 5.41 Å². The largest absolute Gasteiger partial charge is 0.453 e. The molecule has 0 aliphatic heterocycles. The Labute approximate surface area is 71.5 Å². The van der Waals surface area contributed by atoms with Crippen molar-refractivity contribution in [2.24, 2.45) is 4.99 Å². The van der Waals surface area contributed by atoms with Gasteiger partial charge < -0.3 is 9.64 Å². The molecule has 1 atom stereocenters. The van der Waals surface area contributed by atoms with Gasteiger partial charge in [-0.15, -0.1) is 0 Å². The lowest BCUT2D eigenvalue weighted by Gasteiger charge is -2.21. The number of methoxy groups -OCH3 is 1. The van der Waals surface area contributed by atoms with Crippen LogP contribution in [0.3, 0.4) is 0 Å². The van der Waals surface area contributed by atoms with Crippen LogP contribution in [-0.4, -0.2) is 43.7 Å². The summed E-state index contributed by atoms with van der Waals surface area (Å²) in [4.78, 5) is 15.6. The zero-order valence-corrected chi connectivity index (χ0v) is 7.50. The van der Waals surface area contributed by atoms with Gasteiger partial charge in [-0.1, -0.05) is 0 Å². The monoisotopic (exact) mass is 171 g/mol. The standard InChI is InChI=1S/C7H13N3O2/c1-5(6(8)9-2)10(3)7(11)12-4/h5,8H,2H2,1,3-4H3. The third-order valence-corrected chi connectivity index (χ3v) is 1.61. The number of hydrogen-bond acceptors (Lipinski definition) is 3. The molecule has 0 heterocycles. The Hall–Kier alpha value is -1.39. The summed E-state index contributed by atoms with van der Waals surface area (Å²) < 4.78 is 4.46. The van der Waals surface area contributed by atoms with Gasteiger partial charge in [0.2, 0.25) is 0 Å². The van der Waals surface area contributed by atoms with Gasteiger partial charge in [0.1, 0.15) is 5.84 Å². The second kappa shape index (κ2) is 4.48. The summed E-state index contributed by atoms with van der Waals surface area (Å²) >= 11 is 0. The first-order chi connectivity index (χ1) is 5.54. The Kier molecular flexibility index (Phi) is 3.96. The maximum absolute atomic E-state index is 10.9. The van der Waals surface area contributed by atoms with Crippen LogP contribution in [0.4, 0.5) is 4.79 Å². The minimum absolute atomic E-state index is 0.0444. The normalized spacial score (nSPS) is 11.6. The molecule has 0 aromatic rings. The van der Waals surface area contributed by atoms with E-state index in [0.717, 1.165) is 0 Å². The molecular weight excluding hydrogens is 158 g/mol. The highest BCUT2D eigenvalue weighted by Gasteiger charge is 2.18. The van der Waals surface area contributed by atoms with E-state index in [1.165, 1.54) is 19.1 Å². The third kappa shape index (κ3) is 2.34. The van der Waals surface area contributed by atoms with E-state index >= 15 is 0 Å². The van der Waals surface area contributed by atoms with E-state index in [0.29, 0.717) is 0 Å². The first-order valence-electron chi connectivity index (χ1n) is 3.40. The summed E-state index contributed by atoms with van der Waals surface area (Å²) in [6.45, 7) is 4.87. The molecule has 0 spiro atoms. The van der Waals surface area contributed by atoms with E-state index in [1.807, 2.05) is 0 Å². The molecule has 0 saturated carbocycles. The van der Waals surface area contributed by atoms with E-state index in [1.54, 1.807) is 6.92 Å². The predicted octanol–water partition coefficient (Wildman–Crippen LogP) is 0.751. The summed E-state index contributed by atoms with van der Waals surface area (Å²) in [5.41, 5.74) is 0. The number of hydrogen-bond donors (Lipinski definition) is 1. The second-order valence-electron chi connectivity index (χ2n) is 2.30. The van der Waals surface area contributed by atoms with Crippen LogP contribution in [0.5, 0.6) is 0 Å². The second-order valence-corrected chi connectivity index (χ2v) is 2.30. The molecule has 0 fully saturated rings. The first-order valence-corrected chi connectivity index (χ1v) is 3.40. The Balaban J connectivity index is 4.27.